The first-order chi connectivity index (χ1) is 10.7. The predicted octanol–water partition coefficient (Wildman–Crippen LogP) is 1.43. The molecule has 1 aromatic rings. The highest BCUT2D eigenvalue weighted by molar-refractivity contribution is 7.90. The molecule has 1 heterocycles. The maximum atomic E-state index is 13.3. The van der Waals surface area contributed by atoms with Crippen LogP contribution in [0.4, 0.5) is 14.5 Å². The van der Waals surface area contributed by atoms with Gasteiger partial charge in [0.15, 0.2) is 11.6 Å². The van der Waals surface area contributed by atoms with Crippen LogP contribution in [0.1, 0.15) is 23.2 Å². The quantitative estimate of drug-likeness (QED) is 0.837. The lowest BCUT2D eigenvalue weighted by molar-refractivity contribution is 0.0606. The van der Waals surface area contributed by atoms with Gasteiger partial charge in [-0.1, -0.05) is 0 Å². The van der Waals surface area contributed by atoms with Crippen LogP contribution in [0.3, 0.4) is 0 Å². The summed E-state index contributed by atoms with van der Waals surface area (Å²) in [5.74, 6) is -4.28. The molecule has 0 aromatic heterocycles. The minimum atomic E-state index is -4.08. The summed E-state index contributed by atoms with van der Waals surface area (Å²) in [5.41, 5.74) is -1.19. The molecule has 0 aliphatic carbocycles. The van der Waals surface area contributed by atoms with E-state index in [1.807, 2.05) is 4.72 Å². The molecule has 128 valence electrons. The van der Waals surface area contributed by atoms with Gasteiger partial charge in [0.05, 0.1) is 17.4 Å². The summed E-state index contributed by atoms with van der Waals surface area (Å²) in [6.45, 7) is 0.361. The highest BCUT2D eigenvalue weighted by Crippen LogP contribution is 2.23. The SMILES string of the molecule is COC1CCN(S(=O)(=O)Nc2cc(F)c(F)cc2C(=O)O)CC1. The van der Waals surface area contributed by atoms with E-state index < -0.39 is 39.1 Å². The molecule has 0 atom stereocenters. The molecule has 2 rings (SSSR count). The Kier molecular flexibility index (Phi) is 5.17. The molecular formula is C13H16F2N2O5S. The Morgan fingerprint density at radius 1 is 1.30 bits per heavy atom. The van der Waals surface area contributed by atoms with Gasteiger partial charge in [-0.15, -0.1) is 0 Å². The van der Waals surface area contributed by atoms with E-state index in [0.717, 1.165) is 4.31 Å². The smallest absolute Gasteiger partial charge is 0.337 e. The van der Waals surface area contributed by atoms with Crippen LogP contribution in [-0.2, 0) is 14.9 Å². The molecule has 1 aliphatic heterocycles. The Hall–Kier alpha value is -1.78. The fourth-order valence-electron chi connectivity index (χ4n) is 2.32. The van der Waals surface area contributed by atoms with Crippen LogP contribution in [-0.4, -0.2) is 50.1 Å². The number of halogens is 2. The van der Waals surface area contributed by atoms with Crippen LogP contribution >= 0.6 is 0 Å². The van der Waals surface area contributed by atoms with Crippen molar-refractivity contribution < 1.29 is 31.8 Å². The molecule has 1 saturated heterocycles. The van der Waals surface area contributed by atoms with Crippen LogP contribution in [0.15, 0.2) is 12.1 Å². The minimum Gasteiger partial charge on any atom is -0.478 e. The number of methoxy groups -OCH3 is 1. The van der Waals surface area contributed by atoms with Crippen LogP contribution < -0.4 is 4.72 Å². The number of carboxylic acids is 1. The number of carbonyl (C=O) groups is 1. The van der Waals surface area contributed by atoms with Crippen molar-refractivity contribution in [3.05, 3.63) is 29.3 Å². The molecule has 0 bridgehead atoms. The third kappa shape index (κ3) is 3.95. The number of hydrogen-bond acceptors (Lipinski definition) is 4. The van der Waals surface area contributed by atoms with Gasteiger partial charge in [0.1, 0.15) is 0 Å². The standard InChI is InChI=1S/C13H16F2N2O5S/c1-22-8-2-4-17(5-3-8)23(20,21)16-12-7-11(15)10(14)6-9(12)13(18)19/h6-8,16H,2-5H2,1H3,(H,18,19). The lowest BCUT2D eigenvalue weighted by Crippen LogP contribution is -2.43. The number of nitrogens with zero attached hydrogens (tertiary/aromatic N) is 1. The summed E-state index contributed by atoms with van der Waals surface area (Å²) in [6, 6.07) is 0.949. The average molecular weight is 350 g/mol. The monoisotopic (exact) mass is 350 g/mol. The molecular weight excluding hydrogens is 334 g/mol. The fourth-order valence-corrected chi connectivity index (χ4v) is 3.59. The fraction of sp³-hybridized carbons (Fsp3) is 0.462. The van der Waals surface area contributed by atoms with Crippen molar-refractivity contribution in [3.63, 3.8) is 0 Å². The number of benzene rings is 1. The van der Waals surface area contributed by atoms with E-state index in [2.05, 4.69) is 0 Å². The number of hydrogen-bond donors (Lipinski definition) is 2. The number of piperidine rings is 1. The van der Waals surface area contributed by atoms with Crippen molar-refractivity contribution in [1.29, 1.82) is 0 Å². The largest absolute Gasteiger partial charge is 0.478 e. The van der Waals surface area contributed by atoms with Gasteiger partial charge in [0, 0.05) is 26.3 Å². The molecule has 0 saturated carbocycles. The summed E-state index contributed by atoms with van der Waals surface area (Å²) in [6.07, 6.45) is 0.932. The Bertz CT molecular complexity index is 703. The van der Waals surface area contributed by atoms with Crippen LogP contribution in [0.5, 0.6) is 0 Å². The molecule has 7 nitrogen and oxygen atoms in total. The van der Waals surface area contributed by atoms with Crippen LogP contribution in [0.2, 0.25) is 0 Å². The topological polar surface area (TPSA) is 95.9 Å². The molecule has 1 aromatic carbocycles. The van der Waals surface area contributed by atoms with Gasteiger partial charge < -0.3 is 9.84 Å². The zero-order chi connectivity index (χ0) is 17.2. The summed E-state index contributed by atoms with van der Waals surface area (Å²) < 4.78 is 59.3. The van der Waals surface area contributed by atoms with E-state index in [1.54, 1.807) is 0 Å². The van der Waals surface area contributed by atoms with Gasteiger partial charge in [-0.05, 0) is 18.9 Å². The molecule has 23 heavy (non-hydrogen) atoms. The van der Waals surface area contributed by atoms with Crippen molar-refractivity contribution in [1.82, 2.24) is 4.31 Å². The summed E-state index contributed by atoms with van der Waals surface area (Å²) >= 11 is 0. The van der Waals surface area contributed by atoms with Gasteiger partial charge in [-0.2, -0.15) is 12.7 Å². The van der Waals surface area contributed by atoms with Crippen molar-refractivity contribution in [2.45, 2.75) is 18.9 Å². The second-order valence-electron chi connectivity index (χ2n) is 5.06. The van der Waals surface area contributed by atoms with Crippen molar-refractivity contribution >= 4 is 21.9 Å². The van der Waals surface area contributed by atoms with Gasteiger partial charge >= 0.3 is 16.2 Å². The Balaban J connectivity index is 2.24. The van der Waals surface area contributed by atoms with Gasteiger partial charge in [0.25, 0.3) is 0 Å². The Labute approximate surface area is 132 Å². The van der Waals surface area contributed by atoms with Crippen LogP contribution in [0.25, 0.3) is 0 Å². The molecule has 0 radical (unpaired) electrons. The van der Waals surface area contributed by atoms with Crippen molar-refractivity contribution in [3.8, 4) is 0 Å². The number of carboxylic acid groups (broad SMARTS) is 1. The Morgan fingerprint density at radius 3 is 2.39 bits per heavy atom. The first-order valence-corrected chi connectivity index (χ1v) is 8.21. The molecule has 1 aliphatic rings. The van der Waals surface area contributed by atoms with E-state index in [9.17, 15) is 22.0 Å². The highest BCUT2D eigenvalue weighted by Gasteiger charge is 2.29. The summed E-state index contributed by atoms with van der Waals surface area (Å²) in [4.78, 5) is 11.1. The number of aromatic carboxylic acids is 1. The van der Waals surface area contributed by atoms with E-state index >= 15 is 0 Å². The first-order valence-electron chi connectivity index (χ1n) is 6.77. The molecule has 1 fully saturated rings. The zero-order valence-corrected chi connectivity index (χ0v) is 13.1. The van der Waals surface area contributed by atoms with Gasteiger partial charge in [-0.3, -0.25) is 4.72 Å². The Morgan fingerprint density at radius 2 is 1.87 bits per heavy atom. The molecule has 0 spiro atoms. The van der Waals surface area contributed by atoms with Gasteiger partial charge in [0.2, 0.25) is 0 Å². The average Bonchev–Trinajstić information content (AvgIpc) is 2.50. The van der Waals surface area contributed by atoms with Crippen LogP contribution in [0, 0.1) is 11.6 Å². The predicted molar refractivity (Wildman–Crippen MR) is 77.5 cm³/mol. The van der Waals surface area contributed by atoms with E-state index in [1.165, 1.54) is 7.11 Å². The molecule has 0 amide bonds. The van der Waals surface area contributed by atoms with Gasteiger partial charge in [-0.25, -0.2) is 13.6 Å². The molecule has 0 unspecified atom stereocenters. The highest BCUT2D eigenvalue weighted by atomic mass is 32.2. The number of anilines is 1. The van der Waals surface area contributed by atoms with E-state index in [-0.39, 0.29) is 19.2 Å². The lowest BCUT2D eigenvalue weighted by atomic mass is 10.1. The molecule has 10 heteroatoms. The van der Waals surface area contributed by atoms with Crippen molar-refractivity contribution in [2.75, 3.05) is 24.9 Å². The maximum Gasteiger partial charge on any atom is 0.337 e. The third-order valence-electron chi connectivity index (χ3n) is 3.60. The molecule has 2 N–H and O–H groups in total. The second kappa shape index (κ2) is 6.77. The number of ether oxygens (including phenoxy) is 1. The lowest BCUT2D eigenvalue weighted by Gasteiger charge is -2.30. The second-order valence-corrected chi connectivity index (χ2v) is 6.73. The minimum absolute atomic E-state index is 0.0423. The third-order valence-corrected chi connectivity index (χ3v) is 5.13. The van der Waals surface area contributed by atoms with E-state index in [0.29, 0.717) is 25.0 Å². The van der Waals surface area contributed by atoms with Crippen molar-refractivity contribution in [2.24, 2.45) is 0 Å². The normalized spacial score (nSPS) is 17.2. The number of nitrogens with one attached hydrogen (secondary N) is 1. The first kappa shape index (κ1) is 17.6. The maximum absolute atomic E-state index is 13.3. The zero-order valence-electron chi connectivity index (χ0n) is 12.3. The number of rotatable bonds is 5. The summed E-state index contributed by atoms with van der Waals surface area (Å²) in [7, 11) is -2.54. The summed E-state index contributed by atoms with van der Waals surface area (Å²) in [5, 5.41) is 9.00. The van der Waals surface area contributed by atoms with E-state index in [4.69, 9.17) is 9.84 Å².